The Morgan fingerprint density at radius 1 is 1.40 bits per heavy atom. The van der Waals surface area contributed by atoms with E-state index in [1.165, 1.54) is 6.42 Å². The minimum absolute atomic E-state index is 0.333. The molecule has 32 valence electrons. The third kappa shape index (κ3) is 117. The van der Waals surface area contributed by atoms with Crippen LogP contribution in [0.5, 0.6) is 0 Å². The molecular weight excluding hydrogens is 236 g/mol. The van der Waals surface area contributed by atoms with E-state index < -0.39 is 0 Å². The summed E-state index contributed by atoms with van der Waals surface area (Å²) in [5.41, 5.74) is 0. The molecule has 2 heteroatoms. The number of rotatable bonds is 0. The van der Waals surface area contributed by atoms with E-state index >= 15 is 0 Å². The number of hydrogen-bond donors (Lipinski definition) is 0. The SMILES string of the molecule is CCC.[O]=[W]. The summed E-state index contributed by atoms with van der Waals surface area (Å²) in [5.74, 6) is 0. The molecule has 0 aliphatic rings. The zero-order valence-corrected chi connectivity index (χ0v) is 6.46. The fraction of sp³-hybridized carbons (Fsp3) is 1.00. The Bertz CT molecular complexity index is 10.9. The average molecular weight is 244 g/mol. The summed E-state index contributed by atoms with van der Waals surface area (Å²) in [4.78, 5) is 0. The Hall–Kier alpha value is 0.488. The van der Waals surface area contributed by atoms with Gasteiger partial charge in [-0.25, -0.2) is 0 Å². The van der Waals surface area contributed by atoms with Crippen LogP contribution in [-0.2, 0) is 23.2 Å². The topological polar surface area (TPSA) is 17.1 Å². The van der Waals surface area contributed by atoms with E-state index in [2.05, 4.69) is 13.8 Å². The van der Waals surface area contributed by atoms with Gasteiger partial charge in [-0.1, -0.05) is 20.3 Å². The van der Waals surface area contributed by atoms with Crippen molar-refractivity contribution in [2.24, 2.45) is 0 Å². The molecule has 1 nitrogen and oxygen atoms in total. The standard InChI is InChI=1S/C3H8.O.W/c1-3-2;;/h3H2,1-2H3;;. The molecular formula is C3H8OW. The van der Waals surface area contributed by atoms with Gasteiger partial charge in [0, 0.05) is 0 Å². The zero-order chi connectivity index (χ0) is 4.71. The van der Waals surface area contributed by atoms with E-state index in [0.717, 1.165) is 0 Å². The minimum atomic E-state index is 0.333. The van der Waals surface area contributed by atoms with Crippen LogP contribution in [0.2, 0.25) is 0 Å². The van der Waals surface area contributed by atoms with E-state index in [1.807, 2.05) is 0 Å². The van der Waals surface area contributed by atoms with E-state index in [1.54, 1.807) is 0 Å². The van der Waals surface area contributed by atoms with Crippen LogP contribution in [-0.4, -0.2) is 0 Å². The molecule has 0 aliphatic heterocycles. The molecule has 0 aromatic rings. The molecule has 0 saturated heterocycles. The molecule has 0 rings (SSSR count). The summed E-state index contributed by atoms with van der Waals surface area (Å²) in [7, 11) is 0. The molecule has 0 unspecified atom stereocenters. The molecule has 0 N–H and O–H groups in total. The second kappa shape index (κ2) is 24.7. The molecule has 0 aromatic carbocycles. The summed E-state index contributed by atoms with van der Waals surface area (Å²) in [5, 5.41) is 0. The van der Waals surface area contributed by atoms with E-state index in [-0.39, 0.29) is 0 Å². The van der Waals surface area contributed by atoms with Crippen LogP contribution >= 0.6 is 0 Å². The molecule has 0 aromatic heterocycles. The van der Waals surface area contributed by atoms with Crippen molar-refractivity contribution in [3.63, 3.8) is 0 Å². The van der Waals surface area contributed by atoms with Gasteiger partial charge in [-0.2, -0.15) is 0 Å². The van der Waals surface area contributed by atoms with Crippen LogP contribution in [0.15, 0.2) is 0 Å². The van der Waals surface area contributed by atoms with Gasteiger partial charge in [0.1, 0.15) is 0 Å². The fourth-order valence-electron chi connectivity index (χ4n) is 0. The van der Waals surface area contributed by atoms with Crippen LogP contribution in [0.3, 0.4) is 0 Å². The van der Waals surface area contributed by atoms with Crippen molar-refractivity contribution >= 4 is 0 Å². The van der Waals surface area contributed by atoms with Gasteiger partial charge in [0.25, 0.3) is 0 Å². The quantitative estimate of drug-likeness (QED) is 0.627. The van der Waals surface area contributed by atoms with Crippen molar-refractivity contribution in [2.45, 2.75) is 20.3 Å². The molecule has 0 atom stereocenters. The molecule has 5 heavy (non-hydrogen) atoms. The second-order valence-electron chi connectivity index (χ2n) is 0.707. The molecule has 0 amide bonds. The van der Waals surface area contributed by atoms with Crippen molar-refractivity contribution < 1.29 is 23.2 Å². The molecule has 0 heterocycles. The van der Waals surface area contributed by atoms with Gasteiger partial charge in [-0.3, -0.25) is 0 Å². The Balaban J connectivity index is 0. The predicted octanol–water partition coefficient (Wildman–Crippen LogP) is 1.29. The zero-order valence-electron chi connectivity index (χ0n) is 3.52. The van der Waals surface area contributed by atoms with Crippen molar-refractivity contribution in [2.75, 3.05) is 0 Å². The van der Waals surface area contributed by atoms with Gasteiger partial charge in [0.2, 0.25) is 0 Å². The molecule has 0 spiro atoms. The summed E-state index contributed by atoms with van der Waals surface area (Å²) < 4.78 is 8.33. The Labute approximate surface area is 44.0 Å². The monoisotopic (exact) mass is 244 g/mol. The Kier molecular flexibility index (Phi) is 44.8. The molecule has 0 aliphatic carbocycles. The average Bonchev–Trinajstić information content (AvgIpc) is 1.46. The van der Waals surface area contributed by atoms with Crippen LogP contribution in [0.25, 0.3) is 0 Å². The van der Waals surface area contributed by atoms with Crippen molar-refractivity contribution in [1.29, 1.82) is 0 Å². The summed E-state index contributed by atoms with van der Waals surface area (Å²) in [6.45, 7) is 4.25. The van der Waals surface area contributed by atoms with E-state index in [9.17, 15) is 0 Å². The molecule has 0 bridgehead atoms. The van der Waals surface area contributed by atoms with Gasteiger partial charge in [0.05, 0.1) is 0 Å². The van der Waals surface area contributed by atoms with E-state index in [0.29, 0.717) is 19.8 Å². The fourth-order valence-corrected chi connectivity index (χ4v) is 0. The molecule has 0 radical (unpaired) electrons. The first kappa shape index (κ1) is 9.09. The van der Waals surface area contributed by atoms with Crippen LogP contribution in [0.4, 0.5) is 0 Å². The first-order valence-electron chi connectivity index (χ1n) is 1.58. The van der Waals surface area contributed by atoms with Gasteiger partial charge in [-0.05, 0) is 0 Å². The number of hydrogen-bond acceptors (Lipinski definition) is 1. The predicted molar refractivity (Wildman–Crippen MR) is 16.7 cm³/mol. The normalized spacial score (nSPS) is 4.40. The van der Waals surface area contributed by atoms with Crippen molar-refractivity contribution in [3.05, 3.63) is 0 Å². The molecule has 0 saturated carbocycles. The Morgan fingerprint density at radius 3 is 1.40 bits per heavy atom. The van der Waals surface area contributed by atoms with Crippen LogP contribution in [0.1, 0.15) is 20.3 Å². The first-order valence-corrected chi connectivity index (χ1v) is 2.78. The van der Waals surface area contributed by atoms with Gasteiger partial charge in [0.15, 0.2) is 0 Å². The second-order valence-corrected chi connectivity index (χ2v) is 0.707. The van der Waals surface area contributed by atoms with Crippen molar-refractivity contribution in [1.82, 2.24) is 0 Å². The van der Waals surface area contributed by atoms with Crippen LogP contribution in [0, 0.1) is 0 Å². The summed E-state index contributed by atoms with van der Waals surface area (Å²) in [6, 6.07) is 0. The summed E-state index contributed by atoms with van der Waals surface area (Å²) in [6.07, 6.45) is 1.25. The van der Waals surface area contributed by atoms with E-state index in [4.69, 9.17) is 3.40 Å². The van der Waals surface area contributed by atoms with Gasteiger partial charge < -0.3 is 0 Å². The van der Waals surface area contributed by atoms with Crippen molar-refractivity contribution in [3.8, 4) is 0 Å². The third-order valence-corrected chi connectivity index (χ3v) is 0. The van der Waals surface area contributed by atoms with Gasteiger partial charge >= 0.3 is 23.2 Å². The van der Waals surface area contributed by atoms with Crippen LogP contribution < -0.4 is 0 Å². The molecule has 0 fully saturated rings. The Morgan fingerprint density at radius 2 is 1.40 bits per heavy atom. The third-order valence-electron chi connectivity index (χ3n) is 0. The maximum absolute atomic E-state index is 8.33. The maximum atomic E-state index is 8.33. The first-order chi connectivity index (χ1) is 2.41. The summed E-state index contributed by atoms with van der Waals surface area (Å²) >= 11 is 0.333. The van der Waals surface area contributed by atoms with Gasteiger partial charge in [-0.15, -0.1) is 0 Å².